The molecule has 4 rings (SSSR count). The third-order valence-electron chi connectivity index (χ3n) is 6.95. The number of nitrogens with one attached hydrogen (secondary N) is 1. The Balaban J connectivity index is 1.28. The third kappa shape index (κ3) is 4.19. The van der Waals surface area contributed by atoms with E-state index in [0.29, 0.717) is 25.7 Å². The first-order chi connectivity index (χ1) is 14.0. The minimum Gasteiger partial charge on any atom is -0.369 e. The molecule has 3 N–H and O–H groups in total. The summed E-state index contributed by atoms with van der Waals surface area (Å²) >= 11 is 0. The SMILES string of the molecule is CC1(C(N)=O)CN(C[CH]C(=O)N2CCC(N3CCCCC3)CC2)Cc2cn[nH]c21. The molecule has 0 bridgehead atoms. The number of carbonyl (C=O) groups excluding carboxylic acids is 2. The van der Waals surface area contributed by atoms with Crippen LogP contribution in [0.5, 0.6) is 0 Å². The summed E-state index contributed by atoms with van der Waals surface area (Å²) in [4.78, 5) is 31.5. The Morgan fingerprint density at radius 1 is 1.24 bits per heavy atom. The number of nitrogens with two attached hydrogens (primary N) is 1. The van der Waals surface area contributed by atoms with Crippen LogP contribution in [0, 0.1) is 6.42 Å². The van der Waals surface area contributed by atoms with E-state index in [1.807, 2.05) is 11.8 Å². The van der Waals surface area contributed by atoms with Gasteiger partial charge in [0.25, 0.3) is 0 Å². The number of carbonyl (C=O) groups is 2. The molecule has 8 nitrogen and oxygen atoms in total. The van der Waals surface area contributed by atoms with E-state index in [1.54, 1.807) is 12.6 Å². The maximum Gasteiger partial charge on any atom is 0.230 e. The number of rotatable bonds is 5. The van der Waals surface area contributed by atoms with Gasteiger partial charge in [-0.3, -0.25) is 19.6 Å². The van der Waals surface area contributed by atoms with Crippen molar-refractivity contribution < 1.29 is 9.59 Å². The van der Waals surface area contributed by atoms with Crippen molar-refractivity contribution in [2.24, 2.45) is 5.73 Å². The van der Waals surface area contributed by atoms with Gasteiger partial charge in [0, 0.05) is 44.3 Å². The van der Waals surface area contributed by atoms with Gasteiger partial charge < -0.3 is 15.5 Å². The number of hydrogen-bond acceptors (Lipinski definition) is 5. The molecule has 3 aliphatic rings. The van der Waals surface area contributed by atoms with Gasteiger partial charge in [-0.25, -0.2) is 0 Å². The van der Waals surface area contributed by atoms with Crippen molar-refractivity contribution in [2.75, 3.05) is 39.3 Å². The Labute approximate surface area is 172 Å². The number of fused-ring (bicyclic) bond motifs is 1. The molecular weight excluding hydrogens is 368 g/mol. The Morgan fingerprint density at radius 3 is 2.66 bits per heavy atom. The highest BCUT2D eigenvalue weighted by Gasteiger charge is 2.42. The average molecular weight is 402 g/mol. The summed E-state index contributed by atoms with van der Waals surface area (Å²) < 4.78 is 0. The predicted octanol–water partition coefficient (Wildman–Crippen LogP) is 0.649. The molecule has 0 aliphatic carbocycles. The lowest BCUT2D eigenvalue weighted by atomic mass is 9.80. The number of likely N-dealkylation sites (tertiary alicyclic amines) is 2. The summed E-state index contributed by atoms with van der Waals surface area (Å²) in [5.74, 6) is -0.278. The van der Waals surface area contributed by atoms with Gasteiger partial charge in [0.15, 0.2) is 0 Å². The van der Waals surface area contributed by atoms with Crippen LogP contribution in [0.25, 0.3) is 0 Å². The number of nitrogens with zero attached hydrogens (tertiary/aromatic N) is 4. The van der Waals surface area contributed by atoms with Gasteiger partial charge in [-0.2, -0.15) is 5.10 Å². The molecule has 1 unspecified atom stereocenters. The Morgan fingerprint density at radius 2 is 1.97 bits per heavy atom. The summed E-state index contributed by atoms with van der Waals surface area (Å²) in [6.45, 7) is 7.60. The fraction of sp³-hybridized carbons (Fsp3) is 0.714. The van der Waals surface area contributed by atoms with Crippen LogP contribution in [0.15, 0.2) is 6.20 Å². The molecule has 1 atom stereocenters. The first kappa shape index (κ1) is 20.3. The van der Waals surface area contributed by atoms with Crippen molar-refractivity contribution in [3.05, 3.63) is 23.9 Å². The fourth-order valence-electron chi connectivity index (χ4n) is 5.13. The Kier molecular flexibility index (Phi) is 5.92. The zero-order chi connectivity index (χ0) is 20.4. The van der Waals surface area contributed by atoms with Crippen molar-refractivity contribution in [3.8, 4) is 0 Å². The van der Waals surface area contributed by atoms with Crippen LogP contribution in [0.4, 0.5) is 0 Å². The molecule has 2 fully saturated rings. The molecule has 0 spiro atoms. The highest BCUT2D eigenvalue weighted by atomic mass is 16.2. The highest BCUT2D eigenvalue weighted by Crippen LogP contribution is 2.32. The normalized spacial score (nSPS) is 27.0. The summed E-state index contributed by atoms with van der Waals surface area (Å²) in [6.07, 6.45) is 9.62. The van der Waals surface area contributed by atoms with Gasteiger partial charge in [0.05, 0.1) is 18.3 Å². The van der Waals surface area contributed by atoms with E-state index in [1.165, 1.54) is 32.4 Å². The molecule has 3 aliphatic heterocycles. The standard InChI is InChI=1S/C21H33N6O2/c1-21(20(22)29)15-25(14-16-13-23-24-19(16)21)10-7-18(28)27-11-5-17(6-12-27)26-8-3-2-4-9-26/h7,13,17H,2-6,8-12,14-15H2,1H3,(H2,22,29)(H,23,24). The third-order valence-corrected chi connectivity index (χ3v) is 6.95. The first-order valence-electron chi connectivity index (χ1n) is 10.9. The van der Waals surface area contributed by atoms with E-state index in [-0.39, 0.29) is 11.8 Å². The fourth-order valence-corrected chi connectivity index (χ4v) is 5.13. The summed E-state index contributed by atoms with van der Waals surface area (Å²) in [7, 11) is 0. The minimum atomic E-state index is -0.812. The van der Waals surface area contributed by atoms with E-state index >= 15 is 0 Å². The zero-order valence-electron chi connectivity index (χ0n) is 17.4. The molecule has 159 valence electrons. The highest BCUT2D eigenvalue weighted by molar-refractivity contribution is 5.87. The molecule has 8 heteroatoms. The quantitative estimate of drug-likeness (QED) is 0.755. The molecular formula is C21H33N6O2. The lowest BCUT2D eigenvalue weighted by Crippen LogP contribution is -2.52. The van der Waals surface area contributed by atoms with Crippen molar-refractivity contribution >= 4 is 11.8 Å². The van der Waals surface area contributed by atoms with Crippen LogP contribution in [0.2, 0.25) is 0 Å². The van der Waals surface area contributed by atoms with Gasteiger partial charge in [-0.05, 0) is 45.7 Å². The van der Waals surface area contributed by atoms with Crippen LogP contribution in [0.3, 0.4) is 0 Å². The van der Waals surface area contributed by atoms with Crippen molar-refractivity contribution in [1.82, 2.24) is 24.9 Å². The minimum absolute atomic E-state index is 0.0980. The molecule has 2 saturated heterocycles. The molecule has 1 radical (unpaired) electrons. The molecule has 1 aromatic rings. The average Bonchev–Trinajstić information content (AvgIpc) is 3.22. The number of aromatic amines is 1. The van der Waals surface area contributed by atoms with Gasteiger partial charge in [0.2, 0.25) is 11.8 Å². The second-order valence-corrected chi connectivity index (χ2v) is 8.99. The molecule has 2 amide bonds. The lowest BCUT2D eigenvalue weighted by Gasteiger charge is -2.40. The van der Waals surface area contributed by atoms with Gasteiger partial charge in [-0.1, -0.05) is 6.42 Å². The van der Waals surface area contributed by atoms with E-state index in [9.17, 15) is 9.59 Å². The van der Waals surface area contributed by atoms with Crippen LogP contribution < -0.4 is 5.73 Å². The van der Waals surface area contributed by atoms with E-state index in [0.717, 1.165) is 37.2 Å². The van der Waals surface area contributed by atoms with Crippen molar-refractivity contribution in [2.45, 2.75) is 57.0 Å². The topological polar surface area (TPSA) is 98.6 Å². The van der Waals surface area contributed by atoms with Crippen LogP contribution in [0.1, 0.15) is 50.3 Å². The van der Waals surface area contributed by atoms with Crippen LogP contribution in [-0.2, 0) is 21.5 Å². The molecule has 0 saturated carbocycles. The van der Waals surface area contributed by atoms with Gasteiger partial charge in [0.1, 0.15) is 5.41 Å². The predicted molar refractivity (Wildman–Crippen MR) is 110 cm³/mol. The van der Waals surface area contributed by atoms with Crippen LogP contribution >= 0.6 is 0 Å². The molecule has 0 aromatic carbocycles. The van der Waals surface area contributed by atoms with Gasteiger partial charge >= 0.3 is 0 Å². The summed E-state index contributed by atoms with van der Waals surface area (Å²) in [6, 6.07) is 0.636. The summed E-state index contributed by atoms with van der Waals surface area (Å²) in [5.41, 5.74) is 6.64. The van der Waals surface area contributed by atoms with Gasteiger partial charge in [-0.15, -0.1) is 0 Å². The number of aromatic nitrogens is 2. The Bertz CT molecular complexity index is 735. The number of primary amides is 1. The molecule has 29 heavy (non-hydrogen) atoms. The summed E-state index contributed by atoms with van der Waals surface area (Å²) in [5, 5.41) is 7.01. The molecule has 1 aromatic heterocycles. The number of hydrogen-bond donors (Lipinski definition) is 2. The number of piperidine rings is 2. The Hall–Kier alpha value is -1.93. The number of amides is 2. The van der Waals surface area contributed by atoms with Crippen LogP contribution in [-0.4, -0.2) is 82.0 Å². The number of H-pyrrole nitrogens is 1. The smallest absolute Gasteiger partial charge is 0.230 e. The maximum absolute atomic E-state index is 12.7. The maximum atomic E-state index is 12.7. The second kappa shape index (κ2) is 8.44. The van der Waals surface area contributed by atoms with E-state index in [4.69, 9.17) is 5.73 Å². The van der Waals surface area contributed by atoms with Crippen molar-refractivity contribution in [1.29, 1.82) is 0 Å². The van der Waals surface area contributed by atoms with E-state index < -0.39 is 5.41 Å². The van der Waals surface area contributed by atoms with Crippen molar-refractivity contribution in [3.63, 3.8) is 0 Å². The second-order valence-electron chi connectivity index (χ2n) is 8.99. The zero-order valence-corrected chi connectivity index (χ0v) is 17.4. The van der Waals surface area contributed by atoms with E-state index in [2.05, 4.69) is 20.0 Å². The largest absolute Gasteiger partial charge is 0.369 e. The first-order valence-corrected chi connectivity index (χ1v) is 10.9. The lowest BCUT2D eigenvalue weighted by molar-refractivity contribution is -0.129. The molecule has 4 heterocycles. The monoisotopic (exact) mass is 401 g/mol.